The largest absolute Gasteiger partial charge is 0.313 e. The lowest BCUT2D eigenvalue weighted by Gasteiger charge is -2.33. The molecule has 120 valence electrons. The molecule has 2 rings (SSSR count). The summed E-state index contributed by atoms with van der Waals surface area (Å²) >= 11 is 0. The van der Waals surface area contributed by atoms with Gasteiger partial charge in [-0.15, -0.1) is 0 Å². The molecule has 1 N–H and O–H groups in total. The first kappa shape index (κ1) is 16.5. The highest BCUT2D eigenvalue weighted by Gasteiger charge is 2.32. The summed E-state index contributed by atoms with van der Waals surface area (Å²) in [4.78, 5) is 0. The Balaban J connectivity index is 2.02. The zero-order valence-corrected chi connectivity index (χ0v) is 14.5. The van der Waals surface area contributed by atoms with Crippen molar-refractivity contribution < 1.29 is 0 Å². The Morgan fingerprint density at radius 3 is 2.52 bits per heavy atom. The Labute approximate surface area is 130 Å². The van der Waals surface area contributed by atoms with Gasteiger partial charge in [0.05, 0.1) is 11.7 Å². The quantitative estimate of drug-likeness (QED) is 0.739. The first-order valence-electron chi connectivity index (χ1n) is 8.76. The second kappa shape index (κ2) is 6.95. The van der Waals surface area contributed by atoms with Gasteiger partial charge in [0.15, 0.2) is 0 Å². The Kier molecular flexibility index (Phi) is 5.48. The molecule has 1 unspecified atom stereocenters. The molecule has 0 radical (unpaired) electrons. The normalized spacial score (nSPS) is 18.4. The summed E-state index contributed by atoms with van der Waals surface area (Å²) in [5, 5.41) is 8.57. The molecule has 0 aromatic carbocycles. The Bertz CT molecular complexity index is 429. The van der Waals surface area contributed by atoms with Crippen LogP contribution in [0.5, 0.6) is 0 Å². The maximum absolute atomic E-state index is 4.85. The van der Waals surface area contributed by atoms with Gasteiger partial charge in [-0.3, -0.25) is 4.68 Å². The predicted octanol–water partition coefficient (Wildman–Crippen LogP) is 4.20. The van der Waals surface area contributed by atoms with Gasteiger partial charge in [-0.05, 0) is 49.5 Å². The van der Waals surface area contributed by atoms with E-state index in [1.807, 2.05) is 0 Å². The van der Waals surface area contributed by atoms with Crippen molar-refractivity contribution in [1.29, 1.82) is 0 Å². The molecule has 1 aromatic heterocycles. The molecule has 1 aliphatic carbocycles. The highest BCUT2D eigenvalue weighted by atomic mass is 15.3. The maximum atomic E-state index is 4.85. The molecule has 0 saturated heterocycles. The van der Waals surface area contributed by atoms with Crippen molar-refractivity contribution in [3.8, 4) is 0 Å². The SMILES string of the molecule is CCC(CC)n1ccc(CC(C)(CNC2CC2)C(C)C)n1. The molecular weight excluding hydrogens is 258 g/mol. The average Bonchev–Trinajstić information content (AvgIpc) is 3.18. The zero-order valence-electron chi connectivity index (χ0n) is 14.5. The van der Waals surface area contributed by atoms with Crippen LogP contribution in [0, 0.1) is 11.3 Å². The summed E-state index contributed by atoms with van der Waals surface area (Å²) in [6, 6.07) is 3.55. The van der Waals surface area contributed by atoms with Crippen LogP contribution in [0.15, 0.2) is 12.3 Å². The molecule has 21 heavy (non-hydrogen) atoms. The predicted molar refractivity (Wildman–Crippen MR) is 89.5 cm³/mol. The van der Waals surface area contributed by atoms with Crippen molar-refractivity contribution in [2.75, 3.05) is 6.54 Å². The molecular formula is C18H33N3. The monoisotopic (exact) mass is 291 g/mol. The lowest BCUT2D eigenvalue weighted by molar-refractivity contribution is 0.203. The minimum atomic E-state index is 0.287. The van der Waals surface area contributed by atoms with Crippen LogP contribution in [0.25, 0.3) is 0 Å². The van der Waals surface area contributed by atoms with E-state index in [1.165, 1.54) is 18.5 Å². The van der Waals surface area contributed by atoms with Gasteiger partial charge in [-0.1, -0.05) is 34.6 Å². The van der Waals surface area contributed by atoms with E-state index < -0.39 is 0 Å². The van der Waals surface area contributed by atoms with Crippen LogP contribution in [-0.2, 0) is 6.42 Å². The van der Waals surface area contributed by atoms with Crippen molar-refractivity contribution >= 4 is 0 Å². The fourth-order valence-corrected chi connectivity index (χ4v) is 2.89. The van der Waals surface area contributed by atoms with E-state index in [2.05, 4.69) is 56.9 Å². The van der Waals surface area contributed by atoms with Crippen LogP contribution in [0.1, 0.15) is 72.0 Å². The summed E-state index contributed by atoms with van der Waals surface area (Å²) in [6.45, 7) is 12.7. The molecule has 0 bridgehead atoms. The number of nitrogens with zero attached hydrogens (tertiary/aromatic N) is 2. The van der Waals surface area contributed by atoms with Crippen LogP contribution >= 0.6 is 0 Å². The van der Waals surface area contributed by atoms with Gasteiger partial charge in [0.1, 0.15) is 0 Å². The molecule has 3 nitrogen and oxygen atoms in total. The molecule has 1 heterocycles. The van der Waals surface area contributed by atoms with Gasteiger partial charge < -0.3 is 5.32 Å². The highest BCUT2D eigenvalue weighted by molar-refractivity contribution is 5.05. The lowest BCUT2D eigenvalue weighted by atomic mass is 9.75. The van der Waals surface area contributed by atoms with Gasteiger partial charge in [-0.25, -0.2) is 0 Å². The van der Waals surface area contributed by atoms with E-state index >= 15 is 0 Å². The molecule has 1 fully saturated rings. The number of aromatic nitrogens is 2. The molecule has 0 aliphatic heterocycles. The van der Waals surface area contributed by atoms with Crippen molar-refractivity contribution in [1.82, 2.24) is 15.1 Å². The molecule has 1 atom stereocenters. The standard InChI is InChI=1S/C18H33N3/c1-6-17(7-2)21-11-10-16(20-21)12-18(5,14(3)4)13-19-15-8-9-15/h10-11,14-15,17,19H,6-9,12-13H2,1-5H3. The second-order valence-electron chi connectivity index (χ2n) is 7.40. The van der Waals surface area contributed by atoms with E-state index in [-0.39, 0.29) is 5.41 Å². The Morgan fingerprint density at radius 1 is 1.33 bits per heavy atom. The van der Waals surface area contributed by atoms with Crippen LogP contribution in [0.2, 0.25) is 0 Å². The van der Waals surface area contributed by atoms with Crippen molar-refractivity contribution in [2.24, 2.45) is 11.3 Å². The summed E-state index contributed by atoms with van der Waals surface area (Å²) in [5.41, 5.74) is 1.53. The fraction of sp³-hybridized carbons (Fsp3) is 0.833. The zero-order chi connectivity index (χ0) is 15.5. The molecule has 1 aromatic rings. The molecule has 1 aliphatic rings. The molecule has 0 amide bonds. The second-order valence-corrected chi connectivity index (χ2v) is 7.40. The molecule has 1 saturated carbocycles. The number of hydrogen-bond donors (Lipinski definition) is 1. The highest BCUT2D eigenvalue weighted by Crippen LogP contribution is 2.32. The van der Waals surface area contributed by atoms with Gasteiger partial charge in [0, 0.05) is 18.8 Å². The first-order valence-corrected chi connectivity index (χ1v) is 8.76. The lowest BCUT2D eigenvalue weighted by Crippen LogP contribution is -2.39. The number of hydrogen-bond acceptors (Lipinski definition) is 2. The van der Waals surface area contributed by atoms with Crippen LogP contribution in [0.4, 0.5) is 0 Å². The molecule has 0 spiro atoms. The molecule has 3 heteroatoms. The van der Waals surface area contributed by atoms with Gasteiger partial charge in [-0.2, -0.15) is 5.10 Å². The topological polar surface area (TPSA) is 29.9 Å². The summed E-state index contributed by atoms with van der Waals surface area (Å²) < 4.78 is 2.17. The van der Waals surface area contributed by atoms with E-state index in [0.29, 0.717) is 12.0 Å². The maximum Gasteiger partial charge on any atom is 0.0630 e. The van der Waals surface area contributed by atoms with Crippen LogP contribution < -0.4 is 5.32 Å². The fourth-order valence-electron chi connectivity index (χ4n) is 2.89. The minimum absolute atomic E-state index is 0.287. The van der Waals surface area contributed by atoms with Crippen LogP contribution in [-0.4, -0.2) is 22.4 Å². The number of rotatable bonds is 9. The third-order valence-electron chi connectivity index (χ3n) is 5.33. The van der Waals surface area contributed by atoms with Crippen molar-refractivity contribution in [3.05, 3.63) is 18.0 Å². The smallest absolute Gasteiger partial charge is 0.0630 e. The Morgan fingerprint density at radius 2 is 2.00 bits per heavy atom. The van der Waals surface area contributed by atoms with Gasteiger partial charge in [0.2, 0.25) is 0 Å². The van der Waals surface area contributed by atoms with Crippen molar-refractivity contribution in [2.45, 2.75) is 78.8 Å². The van der Waals surface area contributed by atoms with E-state index in [0.717, 1.165) is 31.8 Å². The third-order valence-corrected chi connectivity index (χ3v) is 5.33. The van der Waals surface area contributed by atoms with Crippen LogP contribution in [0.3, 0.4) is 0 Å². The first-order chi connectivity index (χ1) is 9.98. The summed E-state index contributed by atoms with van der Waals surface area (Å²) in [7, 11) is 0. The number of nitrogens with one attached hydrogen (secondary N) is 1. The summed E-state index contributed by atoms with van der Waals surface area (Å²) in [6.07, 6.45) is 8.26. The third kappa shape index (κ3) is 4.32. The van der Waals surface area contributed by atoms with E-state index in [1.54, 1.807) is 0 Å². The average molecular weight is 291 g/mol. The minimum Gasteiger partial charge on any atom is -0.313 e. The van der Waals surface area contributed by atoms with Crippen molar-refractivity contribution in [3.63, 3.8) is 0 Å². The van der Waals surface area contributed by atoms with E-state index in [4.69, 9.17) is 5.10 Å². The van der Waals surface area contributed by atoms with E-state index in [9.17, 15) is 0 Å². The summed E-state index contributed by atoms with van der Waals surface area (Å²) in [5.74, 6) is 0.655. The van der Waals surface area contributed by atoms with Gasteiger partial charge in [0.25, 0.3) is 0 Å². The Hall–Kier alpha value is -0.830. The van der Waals surface area contributed by atoms with Gasteiger partial charge >= 0.3 is 0 Å².